The highest BCUT2D eigenvalue weighted by molar-refractivity contribution is 7.99. The Bertz CT molecular complexity index is 730. The van der Waals surface area contributed by atoms with Gasteiger partial charge in [0, 0.05) is 6.04 Å². The van der Waals surface area contributed by atoms with E-state index in [1.165, 1.54) is 24.6 Å². The molecule has 1 aromatic heterocycles. The number of amides is 1. The molecule has 6 heteroatoms. The van der Waals surface area contributed by atoms with Gasteiger partial charge in [-0.2, -0.15) is 0 Å². The summed E-state index contributed by atoms with van der Waals surface area (Å²) >= 11 is 1.43. The predicted octanol–water partition coefficient (Wildman–Crippen LogP) is 3.61. The number of rotatable bonds is 5. The molecule has 3 atom stereocenters. The highest BCUT2D eigenvalue weighted by atomic mass is 32.2. The van der Waals surface area contributed by atoms with Crippen molar-refractivity contribution in [2.24, 2.45) is 11.8 Å². The molecule has 1 heterocycles. The molecule has 25 heavy (non-hydrogen) atoms. The van der Waals surface area contributed by atoms with Gasteiger partial charge in [0.05, 0.1) is 11.4 Å². The van der Waals surface area contributed by atoms with Gasteiger partial charge in [-0.15, -0.1) is 10.2 Å². The summed E-state index contributed by atoms with van der Waals surface area (Å²) in [5.74, 6) is 1.66. The molecule has 2 aromatic rings. The maximum absolute atomic E-state index is 12.4. The van der Waals surface area contributed by atoms with Gasteiger partial charge in [-0.05, 0) is 36.8 Å². The fourth-order valence-electron chi connectivity index (χ4n) is 3.49. The molecule has 1 N–H and O–H groups in total. The van der Waals surface area contributed by atoms with E-state index in [9.17, 15) is 4.79 Å². The SMILES string of the molecule is Cc1ccccc1-n1cnnc1SCC(=O)N[C@H]1CCC[C@H](C)[C@H]1C. The lowest BCUT2D eigenvalue weighted by molar-refractivity contribution is -0.120. The number of hydrogen-bond acceptors (Lipinski definition) is 4. The third-order valence-corrected chi connectivity index (χ3v) is 6.22. The Balaban J connectivity index is 1.60. The van der Waals surface area contributed by atoms with Crippen molar-refractivity contribution < 1.29 is 4.79 Å². The highest BCUT2D eigenvalue weighted by Crippen LogP contribution is 2.29. The second kappa shape index (κ2) is 8.04. The molecule has 1 saturated carbocycles. The topological polar surface area (TPSA) is 59.8 Å². The zero-order valence-corrected chi connectivity index (χ0v) is 15.9. The summed E-state index contributed by atoms with van der Waals surface area (Å²) in [6.07, 6.45) is 5.25. The number of nitrogens with zero attached hydrogens (tertiary/aromatic N) is 3. The van der Waals surface area contributed by atoms with Gasteiger partial charge in [-0.25, -0.2) is 0 Å². The molecule has 1 aliphatic rings. The number of para-hydroxylation sites is 1. The maximum atomic E-state index is 12.4. The van der Waals surface area contributed by atoms with E-state index >= 15 is 0 Å². The molecule has 1 aromatic carbocycles. The van der Waals surface area contributed by atoms with Gasteiger partial charge in [0.1, 0.15) is 6.33 Å². The number of benzene rings is 1. The summed E-state index contributed by atoms with van der Waals surface area (Å²) in [5.41, 5.74) is 2.20. The molecule has 134 valence electrons. The van der Waals surface area contributed by atoms with Crippen molar-refractivity contribution in [2.75, 3.05) is 5.75 Å². The highest BCUT2D eigenvalue weighted by Gasteiger charge is 2.28. The first-order chi connectivity index (χ1) is 12.1. The van der Waals surface area contributed by atoms with Gasteiger partial charge in [0.25, 0.3) is 0 Å². The van der Waals surface area contributed by atoms with Crippen LogP contribution in [0.25, 0.3) is 5.69 Å². The lowest BCUT2D eigenvalue weighted by Crippen LogP contribution is -2.44. The number of hydrogen-bond donors (Lipinski definition) is 1. The Morgan fingerprint density at radius 2 is 2.12 bits per heavy atom. The predicted molar refractivity (Wildman–Crippen MR) is 101 cm³/mol. The summed E-state index contributed by atoms with van der Waals surface area (Å²) in [5, 5.41) is 12.2. The lowest BCUT2D eigenvalue weighted by Gasteiger charge is -2.34. The Labute approximate surface area is 153 Å². The summed E-state index contributed by atoms with van der Waals surface area (Å²) < 4.78 is 1.94. The van der Waals surface area contributed by atoms with Crippen LogP contribution in [0.3, 0.4) is 0 Å². The number of aryl methyl sites for hydroxylation is 1. The smallest absolute Gasteiger partial charge is 0.230 e. The van der Waals surface area contributed by atoms with Gasteiger partial charge in [-0.1, -0.05) is 56.7 Å². The van der Waals surface area contributed by atoms with E-state index in [2.05, 4.69) is 42.4 Å². The first-order valence-electron chi connectivity index (χ1n) is 8.94. The minimum atomic E-state index is 0.0790. The van der Waals surface area contributed by atoms with Crippen LogP contribution in [0.1, 0.15) is 38.7 Å². The van der Waals surface area contributed by atoms with Crippen molar-refractivity contribution in [2.45, 2.75) is 51.2 Å². The van der Waals surface area contributed by atoms with Crippen LogP contribution >= 0.6 is 11.8 Å². The fourth-order valence-corrected chi connectivity index (χ4v) is 4.22. The van der Waals surface area contributed by atoms with Gasteiger partial charge < -0.3 is 5.32 Å². The monoisotopic (exact) mass is 358 g/mol. The third kappa shape index (κ3) is 4.24. The Kier molecular flexibility index (Phi) is 5.78. The van der Waals surface area contributed by atoms with Crippen LogP contribution in [-0.4, -0.2) is 32.5 Å². The summed E-state index contributed by atoms with van der Waals surface area (Å²) in [4.78, 5) is 12.4. The zero-order valence-electron chi connectivity index (χ0n) is 15.1. The molecule has 1 amide bonds. The molecule has 0 saturated heterocycles. The van der Waals surface area contributed by atoms with E-state index in [1.54, 1.807) is 6.33 Å². The number of carbonyl (C=O) groups excluding carboxylic acids is 1. The van der Waals surface area contributed by atoms with E-state index in [0.29, 0.717) is 23.6 Å². The lowest BCUT2D eigenvalue weighted by atomic mass is 9.78. The average Bonchev–Trinajstić information content (AvgIpc) is 3.06. The Morgan fingerprint density at radius 3 is 2.92 bits per heavy atom. The molecule has 0 unspecified atom stereocenters. The largest absolute Gasteiger partial charge is 0.352 e. The van der Waals surface area contributed by atoms with Crippen molar-refractivity contribution >= 4 is 17.7 Å². The van der Waals surface area contributed by atoms with E-state index in [-0.39, 0.29) is 5.91 Å². The summed E-state index contributed by atoms with van der Waals surface area (Å²) in [7, 11) is 0. The van der Waals surface area contributed by atoms with E-state index in [1.807, 2.05) is 22.8 Å². The van der Waals surface area contributed by atoms with Gasteiger partial charge in [0.15, 0.2) is 5.16 Å². The second-order valence-electron chi connectivity index (χ2n) is 7.00. The number of nitrogens with one attached hydrogen (secondary N) is 1. The third-order valence-electron chi connectivity index (χ3n) is 5.28. The van der Waals surface area contributed by atoms with Crippen LogP contribution in [0.2, 0.25) is 0 Å². The van der Waals surface area contributed by atoms with Crippen molar-refractivity contribution in [3.63, 3.8) is 0 Å². The quantitative estimate of drug-likeness (QED) is 0.830. The zero-order chi connectivity index (χ0) is 17.8. The van der Waals surface area contributed by atoms with Crippen LogP contribution in [0, 0.1) is 18.8 Å². The van der Waals surface area contributed by atoms with Gasteiger partial charge in [0.2, 0.25) is 5.91 Å². The van der Waals surface area contributed by atoms with Crippen LogP contribution in [0.4, 0.5) is 0 Å². The molecule has 1 fully saturated rings. The van der Waals surface area contributed by atoms with Gasteiger partial charge in [-0.3, -0.25) is 9.36 Å². The molecule has 3 rings (SSSR count). The minimum Gasteiger partial charge on any atom is -0.352 e. The number of aromatic nitrogens is 3. The molecule has 5 nitrogen and oxygen atoms in total. The van der Waals surface area contributed by atoms with Crippen LogP contribution in [0.5, 0.6) is 0 Å². The van der Waals surface area contributed by atoms with Crippen LogP contribution < -0.4 is 5.32 Å². The van der Waals surface area contributed by atoms with E-state index in [0.717, 1.165) is 22.8 Å². The van der Waals surface area contributed by atoms with E-state index in [4.69, 9.17) is 0 Å². The Morgan fingerprint density at radius 1 is 1.32 bits per heavy atom. The summed E-state index contributed by atoms with van der Waals surface area (Å²) in [6, 6.07) is 8.40. The van der Waals surface area contributed by atoms with E-state index < -0.39 is 0 Å². The van der Waals surface area contributed by atoms with Crippen molar-refractivity contribution in [3.8, 4) is 5.69 Å². The first kappa shape index (κ1) is 18.0. The number of carbonyl (C=O) groups is 1. The van der Waals surface area contributed by atoms with Crippen molar-refractivity contribution in [1.29, 1.82) is 0 Å². The molecule has 0 radical (unpaired) electrons. The number of thioether (sulfide) groups is 1. The molecule has 1 aliphatic carbocycles. The van der Waals surface area contributed by atoms with Crippen molar-refractivity contribution in [1.82, 2.24) is 20.1 Å². The molecular formula is C19H26N4OS. The molecular weight excluding hydrogens is 332 g/mol. The van der Waals surface area contributed by atoms with Crippen LogP contribution in [0.15, 0.2) is 35.7 Å². The maximum Gasteiger partial charge on any atom is 0.230 e. The summed E-state index contributed by atoms with van der Waals surface area (Å²) in [6.45, 7) is 6.58. The molecule has 0 aliphatic heterocycles. The van der Waals surface area contributed by atoms with Gasteiger partial charge >= 0.3 is 0 Å². The van der Waals surface area contributed by atoms with Crippen molar-refractivity contribution in [3.05, 3.63) is 36.2 Å². The normalized spacial score (nSPS) is 23.4. The van der Waals surface area contributed by atoms with Crippen LogP contribution in [-0.2, 0) is 4.79 Å². The standard InChI is InChI=1S/C19H26N4OS/c1-13-8-6-9-16(15(13)3)21-18(24)11-25-19-22-20-12-23(19)17-10-5-4-7-14(17)2/h4-5,7,10,12-13,15-16H,6,8-9,11H2,1-3H3,(H,21,24)/t13-,15+,16-/m0/s1. The minimum absolute atomic E-state index is 0.0790. The molecule has 0 spiro atoms. The average molecular weight is 359 g/mol. The first-order valence-corrected chi connectivity index (χ1v) is 9.93. The Hall–Kier alpha value is -1.82. The fraction of sp³-hybridized carbons (Fsp3) is 0.526. The molecule has 0 bridgehead atoms. The second-order valence-corrected chi connectivity index (χ2v) is 7.94.